The van der Waals surface area contributed by atoms with E-state index in [-0.39, 0.29) is 11.9 Å². The SMILES string of the molecule is CC(C)c1nc2c(n1Cc1ccccc1)C(CC(=O)ON)CC2. The number of aryl methyl sites for hydroxylation is 1. The first-order chi connectivity index (χ1) is 11.1. The highest BCUT2D eigenvalue weighted by atomic mass is 16.7. The lowest BCUT2D eigenvalue weighted by Gasteiger charge is -2.17. The van der Waals surface area contributed by atoms with Crippen LogP contribution in [-0.2, 0) is 22.6 Å². The number of fused-ring (bicyclic) bond motifs is 1. The van der Waals surface area contributed by atoms with Crippen molar-refractivity contribution in [3.63, 3.8) is 0 Å². The molecule has 5 nitrogen and oxygen atoms in total. The van der Waals surface area contributed by atoms with E-state index in [0.717, 1.165) is 30.9 Å². The number of nitrogens with two attached hydrogens (primary N) is 1. The Labute approximate surface area is 136 Å². The van der Waals surface area contributed by atoms with Gasteiger partial charge in [0.25, 0.3) is 0 Å². The van der Waals surface area contributed by atoms with Crippen molar-refractivity contribution >= 4 is 5.97 Å². The Balaban J connectivity index is 1.98. The first kappa shape index (κ1) is 15.7. The molecule has 0 radical (unpaired) electrons. The van der Waals surface area contributed by atoms with Gasteiger partial charge in [0.2, 0.25) is 0 Å². The second-order valence-corrected chi connectivity index (χ2v) is 6.46. The van der Waals surface area contributed by atoms with Crippen molar-refractivity contribution in [2.45, 2.75) is 51.5 Å². The van der Waals surface area contributed by atoms with E-state index < -0.39 is 0 Å². The summed E-state index contributed by atoms with van der Waals surface area (Å²) in [7, 11) is 0. The Hall–Kier alpha value is -2.14. The van der Waals surface area contributed by atoms with Crippen molar-refractivity contribution in [2.24, 2.45) is 5.90 Å². The van der Waals surface area contributed by atoms with E-state index in [2.05, 4.69) is 35.4 Å². The molecule has 5 heteroatoms. The molecular weight excluding hydrogens is 290 g/mol. The summed E-state index contributed by atoms with van der Waals surface area (Å²) in [6.07, 6.45) is 2.17. The minimum absolute atomic E-state index is 0.143. The summed E-state index contributed by atoms with van der Waals surface area (Å²) in [4.78, 5) is 20.8. The highest BCUT2D eigenvalue weighted by molar-refractivity contribution is 5.70. The fraction of sp³-hybridized carbons (Fsp3) is 0.444. The quantitative estimate of drug-likeness (QED) is 0.862. The van der Waals surface area contributed by atoms with Crippen molar-refractivity contribution in [3.05, 3.63) is 53.1 Å². The molecule has 1 aromatic carbocycles. The van der Waals surface area contributed by atoms with Crippen LogP contribution in [0.25, 0.3) is 0 Å². The second-order valence-electron chi connectivity index (χ2n) is 6.46. The van der Waals surface area contributed by atoms with Crippen LogP contribution in [-0.4, -0.2) is 15.5 Å². The third kappa shape index (κ3) is 3.15. The lowest BCUT2D eigenvalue weighted by molar-refractivity contribution is -0.144. The molecule has 3 rings (SSSR count). The van der Waals surface area contributed by atoms with E-state index in [1.807, 2.05) is 18.2 Å². The molecule has 1 aromatic heterocycles. The number of rotatable bonds is 5. The van der Waals surface area contributed by atoms with Gasteiger partial charge in [-0.2, -0.15) is 5.90 Å². The molecule has 0 amide bonds. The smallest absolute Gasteiger partial charge is 0.325 e. The van der Waals surface area contributed by atoms with Crippen LogP contribution in [0.15, 0.2) is 30.3 Å². The highest BCUT2D eigenvalue weighted by Gasteiger charge is 2.32. The van der Waals surface area contributed by atoms with Gasteiger partial charge in [0.05, 0.1) is 12.1 Å². The predicted octanol–water partition coefficient (Wildman–Crippen LogP) is 2.89. The molecule has 0 bridgehead atoms. The molecule has 0 spiro atoms. The van der Waals surface area contributed by atoms with E-state index in [1.54, 1.807) is 0 Å². The van der Waals surface area contributed by atoms with Gasteiger partial charge in [0.1, 0.15) is 5.82 Å². The first-order valence-corrected chi connectivity index (χ1v) is 8.12. The molecule has 122 valence electrons. The minimum atomic E-state index is -0.360. The Morgan fingerprint density at radius 2 is 2.13 bits per heavy atom. The zero-order valence-electron chi connectivity index (χ0n) is 13.7. The molecule has 2 N–H and O–H groups in total. The fourth-order valence-electron chi connectivity index (χ4n) is 3.44. The van der Waals surface area contributed by atoms with Crippen LogP contribution in [0.4, 0.5) is 0 Å². The van der Waals surface area contributed by atoms with Gasteiger partial charge >= 0.3 is 5.97 Å². The van der Waals surface area contributed by atoms with Crippen molar-refractivity contribution < 1.29 is 9.63 Å². The van der Waals surface area contributed by atoms with E-state index in [1.165, 1.54) is 11.3 Å². The molecule has 2 aromatic rings. The maximum absolute atomic E-state index is 11.6. The third-order valence-corrected chi connectivity index (χ3v) is 4.47. The average Bonchev–Trinajstić information content (AvgIpc) is 3.09. The molecule has 0 saturated carbocycles. The van der Waals surface area contributed by atoms with E-state index >= 15 is 0 Å². The topological polar surface area (TPSA) is 70.1 Å². The lowest BCUT2D eigenvalue weighted by Crippen LogP contribution is -2.16. The van der Waals surface area contributed by atoms with Crippen LogP contribution in [0.1, 0.15) is 61.3 Å². The molecular formula is C18H23N3O2. The number of carbonyl (C=O) groups is 1. The molecule has 0 saturated heterocycles. The summed E-state index contributed by atoms with van der Waals surface area (Å²) >= 11 is 0. The number of hydrogen-bond donors (Lipinski definition) is 1. The van der Waals surface area contributed by atoms with Gasteiger partial charge in [-0.1, -0.05) is 44.2 Å². The lowest BCUT2D eigenvalue weighted by atomic mass is 10.0. The molecule has 23 heavy (non-hydrogen) atoms. The molecule has 1 atom stereocenters. The highest BCUT2D eigenvalue weighted by Crippen LogP contribution is 2.38. The standard InChI is InChI=1S/C18H23N3O2/c1-12(2)18-20-15-9-8-14(10-16(22)23-19)17(15)21(18)11-13-6-4-3-5-7-13/h3-7,12,14H,8-11,19H2,1-2H3. The fourth-order valence-corrected chi connectivity index (χ4v) is 3.44. The van der Waals surface area contributed by atoms with Crippen LogP contribution >= 0.6 is 0 Å². The molecule has 1 aliphatic rings. The average molecular weight is 313 g/mol. The zero-order chi connectivity index (χ0) is 16.4. The normalized spacial score (nSPS) is 16.6. The van der Waals surface area contributed by atoms with Crippen molar-refractivity contribution in [3.8, 4) is 0 Å². The van der Waals surface area contributed by atoms with Gasteiger partial charge in [-0.15, -0.1) is 0 Å². The Kier molecular flexibility index (Phi) is 4.48. The van der Waals surface area contributed by atoms with Gasteiger partial charge in [-0.05, 0) is 18.4 Å². The minimum Gasteiger partial charge on any atom is -0.373 e. The van der Waals surface area contributed by atoms with Crippen molar-refractivity contribution in [2.75, 3.05) is 0 Å². The van der Waals surface area contributed by atoms with E-state index in [4.69, 9.17) is 10.9 Å². The first-order valence-electron chi connectivity index (χ1n) is 8.12. The Morgan fingerprint density at radius 1 is 1.39 bits per heavy atom. The monoisotopic (exact) mass is 313 g/mol. The second kappa shape index (κ2) is 6.54. The summed E-state index contributed by atoms with van der Waals surface area (Å²) in [5, 5.41) is 0. The van der Waals surface area contributed by atoms with Crippen LogP contribution in [0, 0.1) is 0 Å². The zero-order valence-corrected chi connectivity index (χ0v) is 13.7. The largest absolute Gasteiger partial charge is 0.373 e. The number of benzene rings is 1. The summed E-state index contributed by atoms with van der Waals surface area (Å²) in [5.74, 6) is 6.22. The van der Waals surface area contributed by atoms with Crippen LogP contribution in [0.5, 0.6) is 0 Å². The van der Waals surface area contributed by atoms with E-state index in [0.29, 0.717) is 12.3 Å². The maximum atomic E-state index is 11.6. The van der Waals surface area contributed by atoms with Crippen molar-refractivity contribution in [1.82, 2.24) is 9.55 Å². The Bertz CT molecular complexity index is 692. The summed E-state index contributed by atoms with van der Waals surface area (Å²) in [6.45, 7) is 5.09. The number of carbonyl (C=O) groups excluding carboxylic acids is 1. The number of imidazole rings is 1. The van der Waals surface area contributed by atoms with Crippen LogP contribution in [0.3, 0.4) is 0 Å². The van der Waals surface area contributed by atoms with Gasteiger partial charge in [0.15, 0.2) is 0 Å². The molecule has 1 heterocycles. The van der Waals surface area contributed by atoms with E-state index in [9.17, 15) is 4.79 Å². The van der Waals surface area contributed by atoms with Gasteiger partial charge in [-0.25, -0.2) is 4.98 Å². The van der Waals surface area contributed by atoms with Gasteiger partial charge < -0.3 is 9.40 Å². The summed E-state index contributed by atoms with van der Waals surface area (Å²) in [5.41, 5.74) is 3.55. The van der Waals surface area contributed by atoms with Gasteiger partial charge in [0, 0.05) is 24.1 Å². The number of aromatic nitrogens is 2. The molecule has 0 aliphatic heterocycles. The molecule has 1 aliphatic carbocycles. The molecule has 0 fully saturated rings. The third-order valence-electron chi connectivity index (χ3n) is 4.47. The van der Waals surface area contributed by atoms with Gasteiger partial charge in [-0.3, -0.25) is 4.79 Å². The predicted molar refractivity (Wildman–Crippen MR) is 87.8 cm³/mol. The summed E-state index contributed by atoms with van der Waals surface area (Å²) < 4.78 is 2.29. The Morgan fingerprint density at radius 3 is 2.78 bits per heavy atom. The summed E-state index contributed by atoms with van der Waals surface area (Å²) in [6, 6.07) is 10.4. The molecule has 1 unspecified atom stereocenters. The number of nitrogens with zero attached hydrogens (tertiary/aromatic N) is 2. The van der Waals surface area contributed by atoms with Crippen molar-refractivity contribution in [1.29, 1.82) is 0 Å². The van der Waals surface area contributed by atoms with Crippen LogP contribution < -0.4 is 5.90 Å². The van der Waals surface area contributed by atoms with Crippen LogP contribution in [0.2, 0.25) is 0 Å². The maximum Gasteiger partial charge on any atom is 0.325 e. The number of hydrogen-bond acceptors (Lipinski definition) is 4.